The first kappa shape index (κ1) is 21.0. The van der Waals surface area contributed by atoms with Crippen molar-refractivity contribution in [3.8, 4) is 0 Å². The van der Waals surface area contributed by atoms with Gasteiger partial charge in [0.2, 0.25) is 0 Å². The number of rotatable bonds is 4. The van der Waals surface area contributed by atoms with Gasteiger partial charge in [0.15, 0.2) is 0 Å². The highest BCUT2D eigenvalue weighted by Crippen LogP contribution is 2.43. The predicted octanol–water partition coefficient (Wildman–Crippen LogP) is 5.15. The van der Waals surface area contributed by atoms with Crippen molar-refractivity contribution < 1.29 is 19.1 Å². The molecule has 1 aliphatic rings. The number of Topliss-reactive ketones (excluding diaryl/α,β-unsaturated/α-hetero) is 1. The second-order valence-electron chi connectivity index (χ2n) is 6.96. The van der Waals surface area contributed by atoms with Crippen molar-refractivity contribution in [1.29, 1.82) is 0 Å². The van der Waals surface area contributed by atoms with Crippen molar-refractivity contribution in [3.05, 3.63) is 105 Å². The Hall–Kier alpha value is -3.22. The Kier molecular flexibility index (Phi) is 5.76. The van der Waals surface area contributed by atoms with E-state index in [4.69, 9.17) is 23.2 Å². The number of aliphatic hydroxyl groups is 1. The molecule has 1 saturated heterocycles. The minimum atomic E-state index is -0.963. The van der Waals surface area contributed by atoms with E-state index in [1.807, 2.05) is 0 Å². The number of nitrogens with zero attached hydrogens (tertiary/aromatic N) is 2. The number of aliphatic hydroxyl groups excluding tert-OH is 1. The van der Waals surface area contributed by atoms with Crippen molar-refractivity contribution in [2.75, 3.05) is 0 Å². The number of benzene rings is 2. The Morgan fingerprint density at radius 1 is 1.10 bits per heavy atom. The Morgan fingerprint density at radius 2 is 1.84 bits per heavy atom. The van der Waals surface area contributed by atoms with Crippen LogP contribution in [0.3, 0.4) is 0 Å². The molecule has 156 valence electrons. The quantitative estimate of drug-likeness (QED) is 0.334. The predicted molar refractivity (Wildman–Crippen MR) is 115 cm³/mol. The number of amides is 1. The Labute approximate surface area is 187 Å². The molecule has 1 N–H and O–H groups in total. The Bertz CT molecular complexity index is 1200. The zero-order valence-electron chi connectivity index (χ0n) is 15.9. The summed E-state index contributed by atoms with van der Waals surface area (Å²) >= 11 is 12.4. The first-order valence-corrected chi connectivity index (χ1v) is 10.0. The third-order valence-corrected chi connectivity index (χ3v) is 5.55. The van der Waals surface area contributed by atoms with Crippen LogP contribution < -0.4 is 0 Å². The minimum absolute atomic E-state index is 0.0717. The molecule has 0 bridgehead atoms. The summed E-state index contributed by atoms with van der Waals surface area (Å²) in [5.74, 6) is -2.56. The van der Waals surface area contributed by atoms with E-state index >= 15 is 0 Å². The van der Waals surface area contributed by atoms with Crippen LogP contribution in [0.2, 0.25) is 10.0 Å². The van der Waals surface area contributed by atoms with Crippen molar-refractivity contribution >= 4 is 40.7 Å². The van der Waals surface area contributed by atoms with Gasteiger partial charge in [-0.25, -0.2) is 4.39 Å². The number of halogens is 3. The van der Waals surface area contributed by atoms with Crippen LogP contribution in [-0.4, -0.2) is 26.7 Å². The van der Waals surface area contributed by atoms with Gasteiger partial charge in [0.25, 0.3) is 11.7 Å². The Morgan fingerprint density at radius 3 is 2.48 bits per heavy atom. The van der Waals surface area contributed by atoms with Gasteiger partial charge < -0.3 is 10.0 Å². The van der Waals surface area contributed by atoms with Crippen LogP contribution in [0.4, 0.5) is 4.39 Å². The molecule has 2 heterocycles. The van der Waals surface area contributed by atoms with Gasteiger partial charge in [-0.05, 0) is 53.6 Å². The molecular formula is C23H15Cl2FN2O3. The van der Waals surface area contributed by atoms with Crippen molar-refractivity contribution in [2.24, 2.45) is 0 Å². The fraction of sp³-hybridized carbons (Fsp3) is 0.0870. The molecule has 1 unspecified atom stereocenters. The maximum absolute atomic E-state index is 13.3. The van der Waals surface area contributed by atoms with E-state index in [0.29, 0.717) is 16.1 Å². The average molecular weight is 457 g/mol. The molecule has 0 spiro atoms. The smallest absolute Gasteiger partial charge is 0.295 e. The standard InChI is InChI=1S/C23H15Cl2FN2O3/c24-15-5-8-17(18(25)10-15)20-19(21(29)14-3-6-16(26)7-4-14)22(30)23(31)28(20)12-13-2-1-9-27-11-13/h1-11,20,29H,12H2. The zero-order valence-corrected chi connectivity index (χ0v) is 17.4. The van der Waals surface area contributed by atoms with Gasteiger partial charge in [0, 0.05) is 34.5 Å². The summed E-state index contributed by atoms with van der Waals surface area (Å²) in [5, 5.41) is 11.6. The van der Waals surface area contributed by atoms with Gasteiger partial charge in [-0.3, -0.25) is 14.6 Å². The van der Waals surface area contributed by atoms with Gasteiger partial charge in [-0.15, -0.1) is 0 Å². The van der Waals surface area contributed by atoms with Gasteiger partial charge >= 0.3 is 0 Å². The summed E-state index contributed by atoms with van der Waals surface area (Å²) in [4.78, 5) is 31.3. The molecule has 0 radical (unpaired) electrons. The van der Waals surface area contributed by atoms with Crippen LogP contribution >= 0.6 is 23.2 Å². The van der Waals surface area contributed by atoms with E-state index in [2.05, 4.69) is 4.98 Å². The maximum atomic E-state index is 13.3. The number of aromatic nitrogens is 1. The third kappa shape index (κ3) is 4.04. The molecule has 1 atom stereocenters. The second-order valence-corrected chi connectivity index (χ2v) is 7.80. The molecular weight excluding hydrogens is 442 g/mol. The fourth-order valence-corrected chi connectivity index (χ4v) is 4.05. The number of carbonyl (C=O) groups excluding carboxylic acids is 2. The molecule has 1 aliphatic heterocycles. The summed E-state index contributed by atoms with van der Waals surface area (Å²) in [5.41, 5.74) is 1.19. The lowest BCUT2D eigenvalue weighted by Crippen LogP contribution is -2.29. The van der Waals surface area contributed by atoms with Crippen LogP contribution in [0.15, 0.2) is 72.6 Å². The molecule has 4 rings (SSSR count). The highest BCUT2D eigenvalue weighted by atomic mass is 35.5. The van der Waals surface area contributed by atoms with E-state index in [1.54, 1.807) is 36.7 Å². The number of carbonyl (C=O) groups is 2. The first-order valence-electron chi connectivity index (χ1n) is 9.25. The molecule has 1 aromatic heterocycles. The van der Waals surface area contributed by atoms with Crippen LogP contribution in [-0.2, 0) is 16.1 Å². The molecule has 0 saturated carbocycles. The first-order chi connectivity index (χ1) is 14.9. The number of hydrogen-bond donors (Lipinski definition) is 1. The lowest BCUT2D eigenvalue weighted by molar-refractivity contribution is -0.140. The average Bonchev–Trinajstić information content (AvgIpc) is 2.99. The molecule has 1 amide bonds. The maximum Gasteiger partial charge on any atom is 0.295 e. The van der Waals surface area contributed by atoms with Crippen LogP contribution in [0.25, 0.3) is 5.76 Å². The van der Waals surface area contributed by atoms with E-state index in [9.17, 15) is 19.1 Å². The minimum Gasteiger partial charge on any atom is -0.507 e. The lowest BCUT2D eigenvalue weighted by atomic mass is 9.95. The van der Waals surface area contributed by atoms with Crippen LogP contribution in [0, 0.1) is 5.82 Å². The van der Waals surface area contributed by atoms with Gasteiger partial charge in [0.05, 0.1) is 11.6 Å². The number of ketones is 1. The van der Waals surface area contributed by atoms with E-state index in [-0.39, 0.29) is 22.7 Å². The van der Waals surface area contributed by atoms with E-state index in [1.165, 1.54) is 23.1 Å². The van der Waals surface area contributed by atoms with Crippen molar-refractivity contribution in [3.63, 3.8) is 0 Å². The van der Waals surface area contributed by atoms with Crippen LogP contribution in [0.5, 0.6) is 0 Å². The van der Waals surface area contributed by atoms with E-state index in [0.717, 1.165) is 12.1 Å². The zero-order chi connectivity index (χ0) is 22.1. The summed E-state index contributed by atoms with van der Waals surface area (Å²) in [7, 11) is 0. The van der Waals surface area contributed by atoms with Crippen molar-refractivity contribution in [2.45, 2.75) is 12.6 Å². The summed E-state index contributed by atoms with van der Waals surface area (Å²) in [6.45, 7) is 0.0717. The topological polar surface area (TPSA) is 70.5 Å². The van der Waals surface area contributed by atoms with E-state index < -0.39 is 29.3 Å². The Balaban J connectivity index is 1.89. The molecule has 8 heteroatoms. The molecule has 3 aromatic rings. The van der Waals surface area contributed by atoms with Gasteiger partial charge in [-0.2, -0.15) is 0 Å². The van der Waals surface area contributed by atoms with Gasteiger partial charge in [0.1, 0.15) is 11.6 Å². The third-order valence-electron chi connectivity index (χ3n) is 4.99. The highest BCUT2D eigenvalue weighted by molar-refractivity contribution is 6.47. The number of pyridine rings is 1. The molecule has 2 aromatic carbocycles. The SMILES string of the molecule is O=C1C(=O)N(Cc2cccnc2)C(c2ccc(Cl)cc2Cl)C1=C(O)c1ccc(F)cc1. The fourth-order valence-electron chi connectivity index (χ4n) is 3.54. The van der Waals surface area contributed by atoms with Crippen LogP contribution in [0.1, 0.15) is 22.7 Å². The van der Waals surface area contributed by atoms with Gasteiger partial charge in [-0.1, -0.05) is 35.3 Å². The normalized spacial score (nSPS) is 17.9. The monoisotopic (exact) mass is 456 g/mol. The molecule has 31 heavy (non-hydrogen) atoms. The molecule has 1 fully saturated rings. The highest BCUT2D eigenvalue weighted by Gasteiger charge is 2.46. The molecule has 5 nitrogen and oxygen atoms in total. The largest absolute Gasteiger partial charge is 0.507 e. The summed E-state index contributed by atoms with van der Waals surface area (Å²) in [6, 6.07) is 12.2. The summed E-state index contributed by atoms with van der Waals surface area (Å²) < 4.78 is 13.3. The van der Waals surface area contributed by atoms with Crippen molar-refractivity contribution in [1.82, 2.24) is 9.88 Å². The lowest BCUT2D eigenvalue weighted by Gasteiger charge is -2.26. The molecule has 0 aliphatic carbocycles. The number of hydrogen-bond acceptors (Lipinski definition) is 4. The second kappa shape index (κ2) is 8.49. The summed E-state index contributed by atoms with van der Waals surface area (Å²) in [6.07, 6.45) is 3.18. The number of likely N-dealkylation sites (tertiary alicyclic amines) is 1.